The van der Waals surface area contributed by atoms with Crippen molar-refractivity contribution in [2.45, 2.75) is 6.42 Å². The molecule has 3 nitrogen and oxygen atoms in total. The molecule has 13 heavy (non-hydrogen) atoms. The van der Waals surface area contributed by atoms with Crippen molar-refractivity contribution in [3.8, 4) is 5.75 Å². The highest BCUT2D eigenvalue weighted by atomic mass is 35.5. The summed E-state index contributed by atoms with van der Waals surface area (Å²) in [7, 11) is 0. The lowest BCUT2D eigenvalue weighted by atomic mass is 10.0. The lowest BCUT2D eigenvalue weighted by Crippen LogP contribution is -2.16. The summed E-state index contributed by atoms with van der Waals surface area (Å²) < 4.78 is 5.36. The summed E-state index contributed by atoms with van der Waals surface area (Å²) in [4.78, 5) is 0. The highest BCUT2D eigenvalue weighted by Crippen LogP contribution is 2.27. The van der Waals surface area contributed by atoms with Gasteiger partial charge in [-0.15, -0.1) is 0 Å². The number of nitrogens with zero attached hydrogens (tertiary/aromatic N) is 1. The van der Waals surface area contributed by atoms with Crippen molar-refractivity contribution in [2.24, 2.45) is 5.16 Å². The van der Waals surface area contributed by atoms with E-state index in [1.165, 1.54) is 0 Å². The monoisotopic (exact) mass is 197 g/mol. The predicted molar refractivity (Wildman–Crippen MR) is 49.9 cm³/mol. The summed E-state index contributed by atoms with van der Waals surface area (Å²) in [5.41, 5.74) is 1.47. The lowest BCUT2D eigenvalue weighted by molar-refractivity contribution is 0.298. The SMILES string of the molecule is ON=C1CCOc2cc(Cl)ccc21. The molecule has 1 heterocycles. The smallest absolute Gasteiger partial charge is 0.129 e. The number of fused-ring (bicyclic) bond motifs is 1. The highest BCUT2D eigenvalue weighted by molar-refractivity contribution is 6.31. The first-order chi connectivity index (χ1) is 6.31. The van der Waals surface area contributed by atoms with E-state index in [9.17, 15) is 0 Å². The third-order valence-corrected chi connectivity index (χ3v) is 2.21. The van der Waals surface area contributed by atoms with Crippen LogP contribution in [0.1, 0.15) is 12.0 Å². The molecular weight excluding hydrogens is 190 g/mol. The van der Waals surface area contributed by atoms with Crippen molar-refractivity contribution in [1.29, 1.82) is 0 Å². The molecule has 0 spiro atoms. The summed E-state index contributed by atoms with van der Waals surface area (Å²) in [5.74, 6) is 0.687. The minimum absolute atomic E-state index is 0.534. The summed E-state index contributed by atoms with van der Waals surface area (Å²) in [5, 5.41) is 12.5. The fraction of sp³-hybridized carbons (Fsp3) is 0.222. The summed E-state index contributed by atoms with van der Waals surface area (Å²) in [6.45, 7) is 0.534. The van der Waals surface area contributed by atoms with Gasteiger partial charge in [-0.3, -0.25) is 0 Å². The first-order valence-corrected chi connectivity index (χ1v) is 4.32. The molecular formula is C9H8ClNO2. The molecule has 1 aromatic rings. The van der Waals surface area contributed by atoms with Gasteiger partial charge < -0.3 is 9.94 Å². The van der Waals surface area contributed by atoms with E-state index >= 15 is 0 Å². The Bertz CT molecular complexity index is 363. The number of hydrogen-bond acceptors (Lipinski definition) is 3. The van der Waals surface area contributed by atoms with Gasteiger partial charge in [0.15, 0.2) is 0 Å². The number of halogens is 1. The molecule has 2 rings (SSSR count). The van der Waals surface area contributed by atoms with Crippen LogP contribution < -0.4 is 4.74 Å². The Kier molecular flexibility index (Phi) is 2.10. The van der Waals surface area contributed by atoms with Crippen LogP contribution in [-0.2, 0) is 0 Å². The van der Waals surface area contributed by atoms with E-state index in [0.29, 0.717) is 29.5 Å². The maximum absolute atomic E-state index is 8.71. The maximum Gasteiger partial charge on any atom is 0.129 e. The van der Waals surface area contributed by atoms with E-state index in [1.54, 1.807) is 18.2 Å². The van der Waals surface area contributed by atoms with Gasteiger partial charge in [0.2, 0.25) is 0 Å². The fourth-order valence-electron chi connectivity index (χ4n) is 1.35. The average Bonchev–Trinajstić information content (AvgIpc) is 2.16. The van der Waals surface area contributed by atoms with Gasteiger partial charge in [-0.1, -0.05) is 16.8 Å². The fourth-order valence-corrected chi connectivity index (χ4v) is 1.51. The van der Waals surface area contributed by atoms with E-state index in [2.05, 4.69) is 5.16 Å². The van der Waals surface area contributed by atoms with Crippen LogP contribution >= 0.6 is 11.6 Å². The van der Waals surface area contributed by atoms with E-state index in [4.69, 9.17) is 21.5 Å². The summed E-state index contributed by atoms with van der Waals surface area (Å²) in [6, 6.07) is 5.27. The van der Waals surface area contributed by atoms with Gasteiger partial charge >= 0.3 is 0 Å². The molecule has 68 valence electrons. The number of rotatable bonds is 0. The Morgan fingerprint density at radius 2 is 2.31 bits per heavy atom. The molecule has 0 bridgehead atoms. The molecule has 0 amide bonds. The minimum Gasteiger partial charge on any atom is -0.492 e. The van der Waals surface area contributed by atoms with Gasteiger partial charge in [-0.25, -0.2) is 0 Å². The van der Waals surface area contributed by atoms with Gasteiger partial charge in [0, 0.05) is 17.0 Å². The molecule has 1 aliphatic heterocycles. The zero-order valence-electron chi connectivity index (χ0n) is 6.83. The Balaban J connectivity index is 2.52. The van der Waals surface area contributed by atoms with Crippen molar-refractivity contribution in [1.82, 2.24) is 0 Å². The number of hydrogen-bond donors (Lipinski definition) is 1. The van der Waals surface area contributed by atoms with Gasteiger partial charge in [0.25, 0.3) is 0 Å². The molecule has 1 aromatic carbocycles. The Labute approximate surface area is 80.6 Å². The normalized spacial score (nSPS) is 18.1. The molecule has 1 aliphatic rings. The van der Waals surface area contributed by atoms with Crippen molar-refractivity contribution >= 4 is 17.3 Å². The van der Waals surface area contributed by atoms with Crippen LogP contribution in [0.4, 0.5) is 0 Å². The van der Waals surface area contributed by atoms with E-state index in [-0.39, 0.29) is 0 Å². The lowest BCUT2D eigenvalue weighted by Gasteiger charge is -2.17. The van der Waals surface area contributed by atoms with Crippen molar-refractivity contribution in [3.63, 3.8) is 0 Å². The average molecular weight is 198 g/mol. The van der Waals surface area contributed by atoms with Crippen LogP contribution in [0.5, 0.6) is 5.75 Å². The third kappa shape index (κ3) is 1.47. The van der Waals surface area contributed by atoms with Gasteiger partial charge in [-0.2, -0.15) is 0 Å². The highest BCUT2D eigenvalue weighted by Gasteiger charge is 2.16. The first-order valence-electron chi connectivity index (χ1n) is 3.95. The second kappa shape index (κ2) is 3.26. The van der Waals surface area contributed by atoms with Gasteiger partial charge in [0.1, 0.15) is 5.75 Å². The summed E-state index contributed by atoms with van der Waals surface area (Å²) in [6.07, 6.45) is 0.630. The first kappa shape index (κ1) is 8.38. The van der Waals surface area contributed by atoms with E-state index < -0.39 is 0 Å². The number of oxime groups is 1. The maximum atomic E-state index is 8.71. The molecule has 0 radical (unpaired) electrons. The second-order valence-corrected chi connectivity index (χ2v) is 3.22. The molecule has 0 atom stereocenters. The zero-order chi connectivity index (χ0) is 9.26. The number of benzene rings is 1. The summed E-state index contributed by atoms with van der Waals surface area (Å²) >= 11 is 5.79. The Morgan fingerprint density at radius 3 is 3.08 bits per heavy atom. The molecule has 0 fully saturated rings. The Morgan fingerprint density at radius 1 is 1.46 bits per heavy atom. The van der Waals surface area contributed by atoms with Gasteiger partial charge in [-0.05, 0) is 18.2 Å². The third-order valence-electron chi connectivity index (χ3n) is 1.97. The largest absolute Gasteiger partial charge is 0.492 e. The molecule has 1 N–H and O–H groups in total. The van der Waals surface area contributed by atoms with Crippen LogP contribution in [0.25, 0.3) is 0 Å². The van der Waals surface area contributed by atoms with Crippen LogP contribution in [0, 0.1) is 0 Å². The molecule has 0 aromatic heterocycles. The second-order valence-electron chi connectivity index (χ2n) is 2.79. The van der Waals surface area contributed by atoms with E-state index in [0.717, 1.165) is 5.56 Å². The molecule has 0 saturated carbocycles. The molecule has 4 heteroatoms. The zero-order valence-corrected chi connectivity index (χ0v) is 7.58. The number of ether oxygens (including phenoxy) is 1. The van der Waals surface area contributed by atoms with Crippen molar-refractivity contribution in [3.05, 3.63) is 28.8 Å². The van der Waals surface area contributed by atoms with Crippen LogP contribution in [0.2, 0.25) is 5.02 Å². The quantitative estimate of drug-likeness (QED) is 0.512. The standard InChI is InChI=1S/C9H8ClNO2/c10-6-1-2-7-8(11-12)3-4-13-9(7)5-6/h1-2,5,12H,3-4H2. The Hall–Kier alpha value is -1.22. The molecule has 0 aliphatic carbocycles. The molecule has 0 unspecified atom stereocenters. The van der Waals surface area contributed by atoms with Crippen LogP contribution in [-0.4, -0.2) is 17.5 Å². The van der Waals surface area contributed by atoms with Crippen LogP contribution in [0.15, 0.2) is 23.4 Å². The van der Waals surface area contributed by atoms with Crippen molar-refractivity contribution in [2.75, 3.05) is 6.61 Å². The van der Waals surface area contributed by atoms with Crippen molar-refractivity contribution < 1.29 is 9.94 Å². The van der Waals surface area contributed by atoms with Crippen LogP contribution in [0.3, 0.4) is 0 Å². The topological polar surface area (TPSA) is 41.8 Å². The minimum atomic E-state index is 0.534. The predicted octanol–water partition coefficient (Wildman–Crippen LogP) is 2.30. The van der Waals surface area contributed by atoms with Gasteiger partial charge in [0.05, 0.1) is 12.3 Å². The van der Waals surface area contributed by atoms with E-state index in [1.807, 2.05) is 0 Å². The molecule has 0 saturated heterocycles.